The molecule has 1 atom stereocenters. The summed E-state index contributed by atoms with van der Waals surface area (Å²) in [7, 11) is 0. The number of nitrogens with one attached hydrogen (secondary N) is 1. The normalized spacial score (nSPS) is 14.4. The fourth-order valence-electron chi connectivity index (χ4n) is 3.54. The van der Waals surface area contributed by atoms with E-state index >= 15 is 0 Å². The molecule has 0 saturated carbocycles. The highest BCUT2D eigenvalue weighted by Crippen LogP contribution is 2.50. The Kier molecular flexibility index (Phi) is 6.57. The summed E-state index contributed by atoms with van der Waals surface area (Å²) < 4.78 is 11.6. The van der Waals surface area contributed by atoms with Crippen LogP contribution in [0.25, 0.3) is 11.1 Å². The lowest BCUT2D eigenvalue weighted by atomic mass is 9.93. The summed E-state index contributed by atoms with van der Waals surface area (Å²) in [5.74, 6) is 1.08. The number of halogens is 3. The summed E-state index contributed by atoms with van der Waals surface area (Å²) in [5, 5.41) is 11.6. The lowest BCUT2D eigenvalue weighted by molar-refractivity contribution is 0.206. The molecule has 1 aliphatic rings. The average molecular weight is 475 g/mol. The van der Waals surface area contributed by atoms with Gasteiger partial charge in [-0.3, -0.25) is 5.32 Å². The number of amides is 1. The number of ether oxygens (including phenoxy) is 2. The van der Waals surface area contributed by atoms with Crippen molar-refractivity contribution in [3.63, 3.8) is 0 Å². The summed E-state index contributed by atoms with van der Waals surface area (Å²) in [6.45, 7) is 6.56. The summed E-state index contributed by atoms with van der Waals surface area (Å²) in [5.41, 5.74) is 7.54. The second-order valence-electron chi connectivity index (χ2n) is 7.93. The highest BCUT2D eigenvalue weighted by Gasteiger charge is 2.30. The van der Waals surface area contributed by atoms with Gasteiger partial charge in [-0.2, -0.15) is 0 Å². The zero-order chi connectivity index (χ0) is 22.2. The number of hydrogen-bond donors (Lipinski definition) is 3. The molecule has 1 aromatic heterocycles. The third-order valence-electron chi connectivity index (χ3n) is 4.55. The number of carbonyl (C=O) groups is 1. The third kappa shape index (κ3) is 4.70. The van der Waals surface area contributed by atoms with E-state index in [1.807, 2.05) is 6.92 Å². The van der Waals surface area contributed by atoms with Crippen molar-refractivity contribution in [1.82, 2.24) is 4.98 Å². The number of pyridine rings is 1. The zero-order valence-electron chi connectivity index (χ0n) is 16.7. The first-order valence-electron chi connectivity index (χ1n) is 9.25. The minimum absolute atomic E-state index is 0.00664. The maximum Gasteiger partial charge on any atom is 0.410 e. The first-order chi connectivity index (χ1) is 14.0. The molecule has 7 nitrogen and oxygen atoms in total. The Hall–Kier alpha value is -1.93. The van der Waals surface area contributed by atoms with Gasteiger partial charge in [0, 0.05) is 16.7 Å². The molecule has 30 heavy (non-hydrogen) atoms. The Morgan fingerprint density at radius 1 is 1.37 bits per heavy atom. The van der Waals surface area contributed by atoms with Crippen LogP contribution in [-0.2, 0) is 6.61 Å². The molecule has 0 aliphatic carbocycles. The van der Waals surface area contributed by atoms with E-state index in [0.29, 0.717) is 40.0 Å². The molecule has 4 N–H and O–H groups in total. The van der Waals surface area contributed by atoms with Crippen LogP contribution in [0.15, 0.2) is 12.1 Å². The summed E-state index contributed by atoms with van der Waals surface area (Å²) >= 11 is 19.2. The largest absolute Gasteiger partial charge is 0.490 e. The maximum atomic E-state index is 11.0. The van der Waals surface area contributed by atoms with Gasteiger partial charge in [0.25, 0.3) is 0 Å². The van der Waals surface area contributed by atoms with Gasteiger partial charge in [-0.15, -0.1) is 0 Å². The van der Waals surface area contributed by atoms with Gasteiger partial charge in [0.05, 0.1) is 10.0 Å². The Bertz CT molecular complexity index is 996. The number of fused-ring (bicyclic) bond motifs is 3. The first-order valence-corrected chi connectivity index (χ1v) is 10.4. The number of benzene rings is 1. The standard InChI is InChI=1S/C20H22Cl3N3O4/c1-9(2)6-20(3,24)8-30-12-5-4-10-11(14(12)21)7-29-16-13(10)15(22)18(25-17(16)23)26-19(27)28/h4-5,9H,6-8,24H2,1-3H3,(H,25,26)(H,27,28). The number of aromatic nitrogens is 1. The highest BCUT2D eigenvalue weighted by atomic mass is 35.5. The van der Waals surface area contributed by atoms with E-state index in [2.05, 4.69) is 24.1 Å². The van der Waals surface area contributed by atoms with E-state index in [9.17, 15) is 4.79 Å². The van der Waals surface area contributed by atoms with E-state index in [4.69, 9.17) is 55.1 Å². The van der Waals surface area contributed by atoms with E-state index in [1.165, 1.54) is 0 Å². The molecule has 0 fully saturated rings. The summed E-state index contributed by atoms with van der Waals surface area (Å²) in [4.78, 5) is 15.0. The third-order valence-corrected chi connectivity index (χ3v) is 5.59. The number of hydrogen-bond acceptors (Lipinski definition) is 5. The van der Waals surface area contributed by atoms with Gasteiger partial charge in [-0.25, -0.2) is 9.78 Å². The van der Waals surface area contributed by atoms with Crippen LogP contribution in [0.3, 0.4) is 0 Å². The van der Waals surface area contributed by atoms with E-state index in [0.717, 1.165) is 6.42 Å². The van der Waals surface area contributed by atoms with Crippen molar-refractivity contribution in [2.45, 2.75) is 39.3 Å². The lowest BCUT2D eigenvalue weighted by Gasteiger charge is -2.28. The zero-order valence-corrected chi connectivity index (χ0v) is 19.0. The van der Waals surface area contributed by atoms with Crippen LogP contribution >= 0.6 is 34.8 Å². The molecule has 0 bridgehead atoms. The molecule has 1 aliphatic heterocycles. The van der Waals surface area contributed by atoms with Gasteiger partial charge >= 0.3 is 6.09 Å². The van der Waals surface area contributed by atoms with Gasteiger partial charge in [0.1, 0.15) is 19.0 Å². The number of anilines is 1. The molecule has 0 saturated heterocycles. The van der Waals surface area contributed by atoms with Crippen molar-refractivity contribution in [2.24, 2.45) is 11.7 Å². The predicted molar refractivity (Wildman–Crippen MR) is 118 cm³/mol. The molecular formula is C20H22Cl3N3O4. The van der Waals surface area contributed by atoms with Crippen molar-refractivity contribution in [3.8, 4) is 22.6 Å². The number of carboxylic acid groups (broad SMARTS) is 1. The van der Waals surface area contributed by atoms with Crippen LogP contribution in [0.5, 0.6) is 11.5 Å². The lowest BCUT2D eigenvalue weighted by Crippen LogP contribution is -2.43. The second-order valence-corrected chi connectivity index (χ2v) is 9.05. The monoisotopic (exact) mass is 473 g/mol. The molecule has 2 heterocycles. The minimum Gasteiger partial charge on any atom is -0.490 e. The Morgan fingerprint density at radius 3 is 2.70 bits per heavy atom. The first kappa shape index (κ1) is 22.7. The van der Waals surface area contributed by atoms with Gasteiger partial charge < -0.3 is 20.3 Å². The van der Waals surface area contributed by atoms with Crippen LogP contribution in [0.4, 0.5) is 10.6 Å². The molecule has 10 heteroatoms. The van der Waals surface area contributed by atoms with E-state index in [-0.39, 0.29) is 28.3 Å². The SMILES string of the molecule is CC(C)CC(C)(N)COc1ccc2c(c1Cl)COc1c(Cl)nc(NC(=O)O)c(Cl)c1-2. The topological polar surface area (TPSA) is 107 Å². The molecule has 3 rings (SSSR count). The van der Waals surface area contributed by atoms with Crippen molar-refractivity contribution >= 4 is 46.7 Å². The van der Waals surface area contributed by atoms with Gasteiger partial charge in [-0.05, 0) is 37.0 Å². The van der Waals surface area contributed by atoms with Gasteiger partial charge in [0.15, 0.2) is 16.7 Å². The summed E-state index contributed by atoms with van der Waals surface area (Å²) in [6.07, 6.45) is -0.516. The molecule has 162 valence electrons. The molecule has 0 radical (unpaired) electrons. The number of nitrogens with two attached hydrogens (primary N) is 1. The Labute approximate surface area is 189 Å². The van der Waals surface area contributed by atoms with Crippen LogP contribution in [0, 0.1) is 5.92 Å². The van der Waals surface area contributed by atoms with Crippen molar-refractivity contribution in [3.05, 3.63) is 32.9 Å². The smallest absolute Gasteiger partial charge is 0.410 e. The van der Waals surface area contributed by atoms with Crippen LogP contribution in [-0.4, -0.2) is 28.3 Å². The molecule has 0 spiro atoms. The quantitative estimate of drug-likeness (QED) is 0.454. The molecule has 1 amide bonds. The molecule has 1 aromatic carbocycles. The van der Waals surface area contributed by atoms with Gasteiger partial charge in [0.2, 0.25) is 0 Å². The van der Waals surface area contributed by atoms with E-state index < -0.39 is 11.6 Å². The van der Waals surface area contributed by atoms with E-state index in [1.54, 1.807) is 12.1 Å². The molecule has 2 aromatic rings. The Morgan fingerprint density at radius 2 is 2.07 bits per heavy atom. The average Bonchev–Trinajstić information content (AvgIpc) is 2.63. The minimum atomic E-state index is -1.31. The van der Waals surface area contributed by atoms with Gasteiger partial charge in [-0.1, -0.05) is 48.7 Å². The summed E-state index contributed by atoms with van der Waals surface area (Å²) in [6, 6.07) is 3.50. The maximum absolute atomic E-state index is 11.0. The van der Waals surface area contributed by atoms with Crippen LogP contribution in [0.1, 0.15) is 32.8 Å². The number of rotatable bonds is 6. The van der Waals surface area contributed by atoms with Crippen molar-refractivity contribution in [1.29, 1.82) is 0 Å². The predicted octanol–water partition coefficient (Wildman–Crippen LogP) is 5.83. The Balaban J connectivity index is 1.98. The number of nitrogens with zero attached hydrogens (tertiary/aromatic N) is 1. The highest BCUT2D eigenvalue weighted by molar-refractivity contribution is 6.39. The van der Waals surface area contributed by atoms with Crippen LogP contribution in [0.2, 0.25) is 15.2 Å². The fraction of sp³-hybridized carbons (Fsp3) is 0.400. The van der Waals surface area contributed by atoms with Crippen molar-refractivity contribution < 1.29 is 19.4 Å². The van der Waals surface area contributed by atoms with Crippen molar-refractivity contribution in [2.75, 3.05) is 11.9 Å². The molecular weight excluding hydrogens is 453 g/mol. The fourth-order valence-corrected chi connectivity index (χ4v) is 4.33. The van der Waals surface area contributed by atoms with Crippen LogP contribution < -0.4 is 20.5 Å². The molecule has 1 unspecified atom stereocenters. The second kappa shape index (κ2) is 8.67.